The van der Waals surface area contributed by atoms with Crippen molar-refractivity contribution in [2.24, 2.45) is 0 Å². The van der Waals surface area contributed by atoms with Gasteiger partial charge >= 0.3 is 5.97 Å². The van der Waals surface area contributed by atoms with Gasteiger partial charge in [-0.05, 0) is 87.8 Å². The van der Waals surface area contributed by atoms with Gasteiger partial charge in [0.25, 0.3) is 18.1 Å². The van der Waals surface area contributed by atoms with E-state index in [1.54, 1.807) is 12.1 Å². The molecule has 0 N–H and O–H groups in total. The van der Waals surface area contributed by atoms with Crippen LogP contribution in [-0.4, -0.2) is 5.97 Å². The van der Waals surface area contributed by atoms with Crippen LogP contribution in [0.4, 0.5) is 0 Å². The van der Waals surface area contributed by atoms with Crippen LogP contribution in [0.3, 0.4) is 0 Å². The van der Waals surface area contributed by atoms with E-state index in [0.29, 0.717) is 22.8 Å². The number of aryl methyl sites for hydroxylation is 1. The molecular weight excluding hydrogens is 722 g/mol. The maximum atomic E-state index is 14.3. The molecule has 55 heavy (non-hydrogen) atoms. The first-order chi connectivity index (χ1) is 26.3. The minimum atomic E-state index is -0.550. The van der Waals surface area contributed by atoms with Crippen molar-refractivity contribution in [1.82, 2.24) is 0 Å². The van der Waals surface area contributed by atoms with Gasteiger partial charge in [-0.3, -0.25) is 0 Å². The van der Waals surface area contributed by atoms with Crippen molar-refractivity contribution in [2.45, 2.75) is 53.9 Å². The lowest BCUT2D eigenvalue weighted by atomic mass is 9.90. The summed E-state index contributed by atoms with van der Waals surface area (Å²) >= 11 is 0. The van der Waals surface area contributed by atoms with Gasteiger partial charge in [-0.1, -0.05) is 144 Å². The molecule has 0 bridgehead atoms. The Bertz CT molecular complexity index is 2420. The Morgan fingerprint density at radius 2 is 1.04 bits per heavy atom. The molecule has 0 amide bonds. The molecule has 0 radical (unpaired) electrons. The van der Waals surface area contributed by atoms with Crippen molar-refractivity contribution in [3.05, 3.63) is 162 Å². The van der Waals surface area contributed by atoms with Crippen LogP contribution in [0.5, 0.6) is 28.7 Å². The average Bonchev–Trinajstić information content (AvgIpc) is 3.18. The highest BCUT2D eigenvalue weighted by molar-refractivity contribution is 7.27. The number of ether oxygens (including phenoxy) is 1. The molecule has 0 aliphatic rings. The highest BCUT2D eigenvalue weighted by Crippen LogP contribution is 2.50. The lowest BCUT2D eigenvalue weighted by molar-refractivity contribution is 0.0733. The first-order valence-corrected chi connectivity index (χ1v) is 19.6. The lowest BCUT2D eigenvalue weighted by Gasteiger charge is -2.22. The summed E-state index contributed by atoms with van der Waals surface area (Å²) in [5.41, 5.74) is 4.96. The van der Waals surface area contributed by atoms with Crippen molar-refractivity contribution in [3.8, 4) is 39.9 Å². The Hall–Kier alpha value is -5.41. The quantitative estimate of drug-likeness (QED) is 0.0661. The highest BCUT2D eigenvalue weighted by Gasteiger charge is 2.27. The molecule has 6 nitrogen and oxygen atoms in total. The van der Waals surface area contributed by atoms with Crippen molar-refractivity contribution in [2.75, 3.05) is 0 Å². The summed E-state index contributed by atoms with van der Waals surface area (Å²) in [7, 11) is -0.818. The highest BCUT2D eigenvalue weighted by atomic mass is 31.1. The molecule has 0 saturated heterocycles. The van der Waals surface area contributed by atoms with Crippen molar-refractivity contribution in [3.63, 3.8) is 0 Å². The van der Waals surface area contributed by atoms with Crippen LogP contribution in [0.1, 0.15) is 74.0 Å². The van der Waals surface area contributed by atoms with E-state index in [2.05, 4.69) is 52.0 Å². The second-order valence-corrected chi connectivity index (χ2v) is 14.8. The number of fused-ring (bicyclic) bond motifs is 2. The lowest BCUT2D eigenvalue weighted by Crippen LogP contribution is -2.11. The zero-order valence-corrected chi connectivity index (χ0v) is 32.9. The molecule has 0 fully saturated rings. The maximum absolute atomic E-state index is 14.3. The fourth-order valence-electron chi connectivity index (χ4n) is 6.52. The summed E-state index contributed by atoms with van der Waals surface area (Å²) in [6.07, 6.45) is 0. The van der Waals surface area contributed by atoms with Crippen LogP contribution in [0.2, 0.25) is 0 Å². The standard InChI is InChI=1S/C46H42O6P2.CH4/c1-29(2)35-16-10-12-20-40(35)49-53-51-42-27-24-32-14-6-8-18-37(32)43(42)44-38-19-9-7-15-33(38)28-39(46(47)48-34-25-22-31(5)23-26-34)45(44)52-54-50-41-21-13-11-17-36(41)30(3)4;/h6-30,53-54H,1-5H3;1H4. The molecule has 7 aromatic rings. The van der Waals surface area contributed by atoms with Crippen LogP contribution in [0.25, 0.3) is 32.7 Å². The Morgan fingerprint density at radius 3 is 1.65 bits per heavy atom. The molecule has 0 aromatic heterocycles. The van der Waals surface area contributed by atoms with E-state index in [4.69, 9.17) is 22.8 Å². The number of hydrogen-bond acceptors (Lipinski definition) is 6. The second kappa shape index (κ2) is 17.8. The number of para-hydroxylation sites is 2. The Labute approximate surface area is 327 Å². The van der Waals surface area contributed by atoms with Gasteiger partial charge in [0.1, 0.15) is 34.3 Å². The predicted octanol–water partition coefficient (Wildman–Crippen LogP) is 14.0. The molecule has 0 saturated carbocycles. The predicted molar refractivity (Wildman–Crippen MR) is 230 cm³/mol. The minimum Gasteiger partial charge on any atom is -0.440 e. The Kier molecular flexibility index (Phi) is 12.7. The third kappa shape index (κ3) is 8.78. The largest absolute Gasteiger partial charge is 0.440 e. The van der Waals surface area contributed by atoms with Crippen molar-refractivity contribution >= 4 is 45.6 Å². The van der Waals surface area contributed by atoms with Gasteiger partial charge in [0, 0.05) is 11.1 Å². The molecule has 7 rings (SSSR count). The van der Waals surface area contributed by atoms with E-state index < -0.39 is 15.0 Å². The zero-order valence-electron chi connectivity index (χ0n) is 30.9. The second-order valence-electron chi connectivity index (χ2n) is 13.7. The molecule has 0 aliphatic carbocycles. The van der Waals surface area contributed by atoms with E-state index in [1.807, 2.05) is 110 Å². The monoisotopic (exact) mass is 768 g/mol. The molecule has 8 heteroatoms. The van der Waals surface area contributed by atoms with E-state index in [-0.39, 0.29) is 33.9 Å². The van der Waals surface area contributed by atoms with Gasteiger partial charge in [-0.15, -0.1) is 0 Å². The smallest absolute Gasteiger partial charge is 0.347 e. The summed E-state index contributed by atoms with van der Waals surface area (Å²) in [6.45, 7) is 10.5. The first-order valence-electron chi connectivity index (χ1n) is 18.0. The Balaban J connectivity index is 0.00000514. The van der Waals surface area contributed by atoms with Gasteiger partial charge in [0.2, 0.25) is 0 Å². The topological polar surface area (TPSA) is 63.2 Å². The van der Waals surface area contributed by atoms with Crippen LogP contribution < -0.4 is 22.8 Å². The van der Waals surface area contributed by atoms with Gasteiger partial charge < -0.3 is 22.8 Å². The van der Waals surface area contributed by atoms with Gasteiger partial charge in [-0.2, -0.15) is 0 Å². The van der Waals surface area contributed by atoms with E-state index in [1.165, 1.54) is 0 Å². The van der Waals surface area contributed by atoms with Crippen LogP contribution >= 0.6 is 18.1 Å². The van der Waals surface area contributed by atoms with Gasteiger partial charge in [0.05, 0.1) is 0 Å². The SMILES string of the molecule is C.Cc1ccc(OC(=O)c2cc3ccccc3c(-c3c(OPOc4ccccc4C(C)C)ccc4ccccc34)c2OPOc2ccccc2C(C)C)cc1. The number of esters is 1. The fraction of sp³-hybridized carbons (Fsp3) is 0.170. The van der Waals surface area contributed by atoms with E-state index in [0.717, 1.165) is 55.3 Å². The first kappa shape index (κ1) is 39.3. The maximum Gasteiger partial charge on any atom is 0.347 e. The third-order valence-electron chi connectivity index (χ3n) is 9.27. The summed E-state index contributed by atoms with van der Waals surface area (Å²) < 4.78 is 31.9. The van der Waals surface area contributed by atoms with Crippen molar-refractivity contribution in [1.29, 1.82) is 0 Å². The Morgan fingerprint density at radius 1 is 0.527 bits per heavy atom. The van der Waals surface area contributed by atoms with Crippen LogP contribution in [0, 0.1) is 6.92 Å². The average molecular weight is 769 g/mol. The molecule has 0 spiro atoms. The van der Waals surface area contributed by atoms with Crippen LogP contribution in [0.15, 0.2) is 140 Å². The molecule has 0 heterocycles. The summed E-state index contributed by atoms with van der Waals surface area (Å²) in [5.74, 6) is 2.84. The van der Waals surface area contributed by atoms with Gasteiger partial charge in [0.15, 0.2) is 0 Å². The van der Waals surface area contributed by atoms with Crippen molar-refractivity contribution < 1.29 is 27.6 Å². The molecule has 0 aliphatic heterocycles. The molecule has 7 aromatic carbocycles. The molecule has 2 atom stereocenters. The number of rotatable bonds is 13. The summed E-state index contributed by atoms with van der Waals surface area (Å²) in [6, 6.07) is 45.3. The van der Waals surface area contributed by atoms with Gasteiger partial charge in [-0.25, -0.2) is 4.79 Å². The number of carbonyl (C=O) groups is 1. The number of carbonyl (C=O) groups excluding carboxylic acids is 1. The summed E-state index contributed by atoms with van der Waals surface area (Å²) in [5, 5.41) is 3.65. The fourth-order valence-corrected chi connectivity index (χ4v) is 7.71. The van der Waals surface area contributed by atoms with E-state index >= 15 is 0 Å². The minimum absolute atomic E-state index is 0. The van der Waals surface area contributed by atoms with E-state index in [9.17, 15) is 4.79 Å². The number of hydrogen-bond donors (Lipinski definition) is 0. The normalized spacial score (nSPS) is 11.5. The summed E-state index contributed by atoms with van der Waals surface area (Å²) in [4.78, 5) is 14.3. The molecule has 2 unspecified atom stereocenters. The molecule has 280 valence electrons. The number of benzene rings is 7. The van der Waals surface area contributed by atoms with Crippen LogP contribution in [-0.2, 0) is 0 Å². The zero-order chi connectivity index (χ0) is 37.6. The third-order valence-corrected chi connectivity index (χ3v) is 10.5. The molecular formula is C47H46O6P2.